The number of rotatable bonds is 4. The summed E-state index contributed by atoms with van der Waals surface area (Å²) in [5.74, 6) is 0. The molecule has 1 N–H and O–H groups in total. The highest BCUT2D eigenvalue weighted by atomic mass is 35.5. The first-order valence-electron chi connectivity index (χ1n) is 9.60. The van der Waals surface area contributed by atoms with Crippen molar-refractivity contribution in [2.24, 2.45) is 0 Å². The van der Waals surface area contributed by atoms with E-state index in [0.29, 0.717) is 12.1 Å². The standard InChI is InChI=1S/C21H27ClN4S/c1-15-12-18(22)8-9-19(15)26-21-7-5-4-6-20(21)25(27-26)11-10-24-13-16(2)23-17(3)14-24/h4-9,12,16-17,23H,10-11,13-14H2,1-3H3. The van der Waals surface area contributed by atoms with Gasteiger partial charge in [-0.05, 0) is 56.7 Å². The zero-order chi connectivity index (χ0) is 19.0. The summed E-state index contributed by atoms with van der Waals surface area (Å²) < 4.78 is 4.74. The highest BCUT2D eigenvalue weighted by Gasteiger charge is 2.30. The van der Waals surface area contributed by atoms with Gasteiger partial charge in [-0.2, -0.15) is 0 Å². The van der Waals surface area contributed by atoms with Crippen molar-refractivity contribution in [2.45, 2.75) is 32.9 Å². The summed E-state index contributed by atoms with van der Waals surface area (Å²) in [6.45, 7) is 11.0. The Morgan fingerprint density at radius 1 is 1.00 bits per heavy atom. The van der Waals surface area contributed by atoms with Gasteiger partial charge in [0.2, 0.25) is 0 Å². The number of benzene rings is 2. The van der Waals surface area contributed by atoms with Gasteiger partial charge in [-0.1, -0.05) is 23.7 Å². The Balaban J connectivity index is 1.52. The first-order chi connectivity index (χ1) is 13.0. The van der Waals surface area contributed by atoms with Gasteiger partial charge in [-0.3, -0.25) is 13.5 Å². The van der Waals surface area contributed by atoms with Crippen LogP contribution in [0, 0.1) is 6.92 Å². The first kappa shape index (κ1) is 18.9. The number of nitrogens with zero attached hydrogens (tertiary/aromatic N) is 3. The summed E-state index contributed by atoms with van der Waals surface area (Å²) in [6, 6.07) is 15.9. The van der Waals surface area contributed by atoms with Gasteiger partial charge >= 0.3 is 0 Å². The minimum atomic E-state index is 0.556. The first-order valence-corrected chi connectivity index (χ1v) is 10.7. The fourth-order valence-electron chi connectivity index (χ4n) is 4.07. The SMILES string of the molecule is Cc1cc(Cl)ccc1N1SN(CCN2CC(C)NC(C)C2)c2ccccc21. The molecule has 4 rings (SSSR count). The van der Waals surface area contributed by atoms with E-state index in [1.165, 1.54) is 22.6 Å². The molecule has 0 spiro atoms. The van der Waals surface area contributed by atoms with Crippen LogP contribution in [0.5, 0.6) is 0 Å². The number of hydrogen-bond acceptors (Lipinski definition) is 5. The zero-order valence-electron chi connectivity index (χ0n) is 16.2. The van der Waals surface area contributed by atoms with Crippen molar-refractivity contribution >= 4 is 40.8 Å². The van der Waals surface area contributed by atoms with Crippen LogP contribution in [0.3, 0.4) is 0 Å². The molecule has 2 aliphatic heterocycles. The van der Waals surface area contributed by atoms with Crippen molar-refractivity contribution in [2.75, 3.05) is 34.8 Å². The number of fused-ring (bicyclic) bond motifs is 1. The van der Waals surface area contributed by atoms with Gasteiger partial charge in [0.1, 0.15) is 0 Å². The molecule has 4 nitrogen and oxygen atoms in total. The molecule has 0 bridgehead atoms. The van der Waals surface area contributed by atoms with Crippen molar-refractivity contribution < 1.29 is 0 Å². The predicted molar refractivity (Wildman–Crippen MR) is 118 cm³/mol. The number of nitrogens with one attached hydrogen (secondary N) is 1. The van der Waals surface area contributed by atoms with E-state index in [-0.39, 0.29) is 0 Å². The Bertz CT molecular complexity index is 805. The molecule has 0 amide bonds. The second-order valence-corrected chi connectivity index (χ2v) is 9.03. The summed E-state index contributed by atoms with van der Waals surface area (Å²) in [5, 5.41) is 4.40. The van der Waals surface area contributed by atoms with E-state index in [1.807, 2.05) is 12.1 Å². The maximum absolute atomic E-state index is 6.17. The minimum absolute atomic E-state index is 0.556. The largest absolute Gasteiger partial charge is 0.309 e. The third-order valence-corrected chi connectivity index (χ3v) is 6.55. The molecule has 2 aliphatic rings. The van der Waals surface area contributed by atoms with E-state index in [9.17, 15) is 0 Å². The van der Waals surface area contributed by atoms with Crippen molar-refractivity contribution in [3.63, 3.8) is 0 Å². The number of hydrogen-bond donors (Lipinski definition) is 1. The van der Waals surface area contributed by atoms with Crippen molar-refractivity contribution in [3.05, 3.63) is 53.1 Å². The topological polar surface area (TPSA) is 21.8 Å². The molecule has 27 heavy (non-hydrogen) atoms. The lowest BCUT2D eigenvalue weighted by molar-refractivity contribution is 0.178. The van der Waals surface area contributed by atoms with Crippen LogP contribution in [0.15, 0.2) is 42.5 Å². The molecule has 1 saturated heterocycles. The number of para-hydroxylation sites is 2. The second-order valence-electron chi connectivity index (χ2n) is 7.63. The maximum Gasteiger partial charge on any atom is 0.0784 e. The van der Waals surface area contributed by atoms with Crippen LogP contribution in [-0.2, 0) is 0 Å². The lowest BCUT2D eigenvalue weighted by atomic mass is 10.1. The van der Waals surface area contributed by atoms with Gasteiger partial charge in [0.05, 0.1) is 29.2 Å². The van der Waals surface area contributed by atoms with Crippen LogP contribution >= 0.6 is 23.7 Å². The molecular formula is C21H27ClN4S. The normalized spacial score (nSPS) is 23.0. The molecule has 0 aliphatic carbocycles. The summed E-state index contributed by atoms with van der Waals surface area (Å²) in [5.41, 5.74) is 4.92. The average Bonchev–Trinajstić information content (AvgIpc) is 2.98. The molecule has 0 radical (unpaired) electrons. The lowest BCUT2D eigenvalue weighted by Gasteiger charge is -2.36. The number of aryl methyl sites for hydroxylation is 1. The molecule has 2 unspecified atom stereocenters. The van der Waals surface area contributed by atoms with Crippen molar-refractivity contribution in [1.82, 2.24) is 10.2 Å². The van der Waals surface area contributed by atoms with Gasteiger partial charge in [0.15, 0.2) is 0 Å². The summed E-state index contributed by atoms with van der Waals surface area (Å²) in [4.78, 5) is 2.57. The Labute approximate surface area is 171 Å². The molecular weight excluding hydrogens is 376 g/mol. The highest BCUT2D eigenvalue weighted by molar-refractivity contribution is 8.02. The van der Waals surface area contributed by atoms with Crippen molar-refractivity contribution in [3.8, 4) is 0 Å². The van der Waals surface area contributed by atoms with Gasteiger partial charge in [-0.25, -0.2) is 0 Å². The maximum atomic E-state index is 6.17. The average molecular weight is 403 g/mol. The molecule has 0 saturated carbocycles. The molecule has 0 aromatic heterocycles. The van der Waals surface area contributed by atoms with Gasteiger partial charge in [0.25, 0.3) is 0 Å². The molecule has 144 valence electrons. The number of halogens is 1. The van der Waals surface area contributed by atoms with Crippen LogP contribution in [-0.4, -0.2) is 43.2 Å². The fraction of sp³-hybridized carbons (Fsp3) is 0.429. The molecule has 6 heteroatoms. The van der Waals surface area contributed by atoms with Crippen LogP contribution in [0.25, 0.3) is 0 Å². The Hall–Kier alpha value is -1.40. The number of anilines is 3. The zero-order valence-corrected chi connectivity index (χ0v) is 17.7. The monoisotopic (exact) mass is 402 g/mol. The summed E-state index contributed by atoms with van der Waals surface area (Å²) in [7, 11) is 0. The molecule has 2 heterocycles. The predicted octanol–water partition coefficient (Wildman–Crippen LogP) is 4.85. The lowest BCUT2D eigenvalue weighted by Crippen LogP contribution is -2.55. The van der Waals surface area contributed by atoms with E-state index >= 15 is 0 Å². The quantitative estimate of drug-likeness (QED) is 0.736. The third-order valence-electron chi connectivity index (χ3n) is 5.18. The molecule has 2 aromatic rings. The smallest absolute Gasteiger partial charge is 0.0784 e. The highest BCUT2D eigenvalue weighted by Crippen LogP contribution is 2.49. The summed E-state index contributed by atoms with van der Waals surface area (Å²) in [6.07, 6.45) is 0. The number of piperazine rings is 1. The van der Waals surface area contributed by atoms with Gasteiger partial charge in [0, 0.05) is 43.3 Å². The second kappa shape index (κ2) is 7.92. The van der Waals surface area contributed by atoms with Gasteiger partial charge in [-0.15, -0.1) is 0 Å². The Morgan fingerprint density at radius 3 is 2.41 bits per heavy atom. The fourth-order valence-corrected chi connectivity index (χ4v) is 5.43. The Morgan fingerprint density at radius 2 is 1.70 bits per heavy atom. The Kier molecular flexibility index (Phi) is 5.55. The summed E-state index contributed by atoms with van der Waals surface area (Å²) >= 11 is 7.95. The van der Waals surface area contributed by atoms with Crippen LogP contribution in [0.4, 0.5) is 17.1 Å². The van der Waals surface area contributed by atoms with E-state index in [0.717, 1.165) is 31.2 Å². The van der Waals surface area contributed by atoms with Crippen LogP contribution in [0.2, 0.25) is 5.02 Å². The molecule has 2 atom stereocenters. The van der Waals surface area contributed by atoms with Crippen LogP contribution < -0.4 is 13.9 Å². The van der Waals surface area contributed by atoms with E-state index < -0.39 is 0 Å². The van der Waals surface area contributed by atoms with Gasteiger partial charge < -0.3 is 5.32 Å². The van der Waals surface area contributed by atoms with E-state index in [1.54, 1.807) is 12.1 Å². The van der Waals surface area contributed by atoms with E-state index in [4.69, 9.17) is 11.6 Å². The minimum Gasteiger partial charge on any atom is -0.309 e. The van der Waals surface area contributed by atoms with Crippen molar-refractivity contribution in [1.29, 1.82) is 0 Å². The third kappa shape index (κ3) is 4.06. The van der Waals surface area contributed by atoms with Crippen LogP contribution in [0.1, 0.15) is 19.4 Å². The molecule has 1 fully saturated rings. The molecule has 2 aromatic carbocycles. The van der Waals surface area contributed by atoms with E-state index in [2.05, 4.69) is 69.9 Å².